The highest BCUT2D eigenvalue weighted by molar-refractivity contribution is 7.54. The molecule has 2 atom stereocenters. The largest absolute Gasteiger partial charge is 0.444 e. The van der Waals surface area contributed by atoms with Gasteiger partial charge in [-0.25, -0.2) is 4.79 Å². The van der Waals surface area contributed by atoms with Crippen LogP contribution in [0, 0.1) is 0 Å². The number of alkyl carbamates (subject to hydrolysis) is 1. The zero-order chi connectivity index (χ0) is 19.4. The number of carbonyl (C=O) groups excluding carboxylic acids is 3. The molecule has 1 aliphatic rings. The maximum absolute atomic E-state index is 12.4. The van der Waals surface area contributed by atoms with Crippen LogP contribution >= 0.6 is 7.60 Å². The van der Waals surface area contributed by atoms with Gasteiger partial charge in [0, 0.05) is 20.3 Å². The Bertz CT molecular complexity index is 565. The van der Waals surface area contributed by atoms with E-state index in [1.807, 2.05) is 0 Å². The van der Waals surface area contributed by atoms with Gasteiger partial charge in [0.25, 0.3) is 0 Å². The molecule has 0 aromatic carbocycles. The molecule has 1 heterocycles. The van der Waals surface area contributed by atoms with Crippen LogP contribution in [0.2, 0.25) is 0 Å². The minimum atomic E-state index is -3.47. The molecular formula is C15H27N2O7P. The third-order valence-electron chi connectivity index (χ3n) is 3.65. The second-order valence-electron chi connectivity index (χ2n) is 6.92. The minimum Gasteiger partial charge on any atom is -0.444 e. The molecule has 25 heavy (non-hydrogen) atoms. The highest BCUT2D eigenvalue weighted by atomic mass is 31.2. The Balaban J connectivity index is 2.66. The highest BCUT2D eigenvalue weighted by Gasteiger charge is 2.40. The van der Waals surface area contributed by atoms with E-state index in [0.29, 0.717) is 6.42 Å². The SMILES string of the molecule is COP(=O)(CC(=O)CN1C(=O)[C@@H](NC(=O)OC(C)(C)C)C[C@H]1C)OC. The Morgan fingerprint density at radius 1 is 1.28 bits per heavy atom. The number of Topliss-reactive ketones (excluding diaryl/α,β-unsaturated/α-hetero) is 1. The molecule has 1 rings (SSSR count). The zero-order valence-electron chi connectivity index (χ0n) is 15.5. The monoisotopic (exact) mass is 378 g/mol. The van der Waals surface area contributed by atoms with Crippen molar-refractivity contribution in [2.45, 2.75) is 51.8 Å². The van der Waals surface area contributed by atoms with Crippen LogP contribution in [0.5, 0.6) is 0 Å². The molecule has 1 fully saturated rings. The van der Waals surface area contributed by atoms with Gasteiger partial charge in [-0.1, -0.05) is 0 Å². The Morgan fingerprint density at radius 2 is 1.84 bits per heavy atom. The molecule has 1 aliphatic heterocycles. The lowest BCUT2D eigenvalue weighted by Crippen LogP contribution is -2.45. The summed E-state index contributed by atoms with van der Waals surface area (Å²) >= 11 is 0. The lowest BCUT2D eigenvalue weighted by atomic mass is 10.2. The van der Waals surface area contributed by atoms with Crippen LogP contribution in [0.1, 0.15) is 34.1 Å². The Kier molecular flexibility index (Phi) is 7.17. The van der Waals surface area contributed by atoms with Gasteiger partial charge in [-0.2, -0.15) is 0 Å². The Hall–Kier alpha value is -1.44. The topological polar surface area (TPSA) is 111 Å². The highest BCUT2D eigenvalue weighted by Crippen LogP contribution is 2.46. The molecule has 0 radical (unpaired) electrons. The van der Waals surface area contributed by atoms with Crippen molar-refractivity contribution in [3.05, 3.63) is 0 Å². The number of amides is 2. The van der Waals surface area contributed by atoms with E-state index in [-0.39, 0.29) is 18.5 Å². The molecule has 0 bridgehead atoms. The molecule has 0 spiro atoms. The molecule has 1 N–H and O–H groups in total. The van der Waals surface area contributed by atoms with E-state index < -0.39 is 37.3 Å². The molecule has 9 nitrogen and oxygen atoms in total. The van der Waals surface area contributed by atoms with E-state index in [2.05, 4.69) is 5.32 Å². The van der Waals surface area contributed by atoms with Crippen molar-refractivity contribution in [2.75, 3.05) is 26.9 Å². The number of rotatable bonds is 7. The van der Waals surface area contributed by atoms with Gasteiger partial charge in [0.15, 0.2) is 5.78 Å². The third kappa shape index (κ3) is 6.41. The predicted octanol–water partition coefficient (Wildman–Crippen LogP) is 1.56. The van der Waals surface area contributed by atoms with Gasteiger partial charge >= 0.3 is 13.7 Å². The first-order valence-electron chi connectivity index (χ1n) is 7.93. The lowest BCUT2D eigenvalue weighted by molar-refractivity contribution is -0.134. The normalized spacial score (nSPS) is 21.4. The van der Waals surface area contributed by atoms with Crippen LogP contribution in [0.25, 0.3) is 0 Å². The summed E-state index contributed by atoms with van der Waals surface area (Å²) in [6, 6.07) is -1.00. The van der Waals surface area contributed by atoms with Gasteiger partial charge in [0.1, 0.15) is 17.8 Å². The molecule has 10 heteroatoms. The van der Waals surface area contributed by atoms with Crippen molar-refractivity contribution in [1.29, 1.82) is 0 Å². The number of nitrogens with one attached hydrogen (secondary N) is 1. The molecule has 1 saturated heterocycles. The molecular weight excluding hydrogens is 351 g/mol. The van der Waals surface area contributed by atoms with E-state index in [0.717, 1.165) is 0 Å². The van der Waals surface area contributed by atoms with Gasteiger partial charge in [-0.15, -0.1) is 0 Å². The second-order valence-corrected chi connectivity index (χ2v) is 9.19. The van der Waals surface area contributed by atoms with Crippen LogP contribution < -0.4 is 5.32 Å². The maximum atomic E-state index is 12.4. The quantitative estimate of drug-likeness (QED) is 0.669. The van der Waals surface area contributed by atoms with E-state index in [9.17, 15) is 18.9 Å². The fraction of sp³-hybridized carbons (Fsp3) is 0.800. The molecule has 144 valence electrons. The Labute approximate surface area is 147 Å². The maximum Gasteiger partial charge on any atom is 0.408 e. The van der Waals surface area contributed by atoms with E-state index >= 15 is 0 Å². The average Bonchev–Trinajstić information content (AvgIpc) is 2.72. The number of hydrogen-bond acceptors (Lipinski definition) is 7. The van der Waals surface area contributed by atoms with Gasteiger partial charge < -0.3 is 24.0 Å². The predicted molar refractivity (Wildman–Crippen MR) is 90.4 cm³/mol. The average molecular weight is 378 g/mol. The van der Waals surface area contributed by atoms with Crippen LogP contribution in [0.15, 0.2) is 0 Å². The summed E-state index contributed by atoms with van der Waals surface area (Å²) in [6.45, 7) is 6.72. The van der Waals surface area contributed by atoms with Crippen molar-refractivity contribution in [2.24, 2.45) is 0 Å². The summed E-state index contributed by atoms with van der Waals surface area (Å²) in [6.07, 6.45) is -0.743. The van der Waals surface area contributed by atoms with Gasteiger partial charge in [-0.3, -0.25) is 14.2 Å². The molecule has 0 unspecified atom stereocenters. The number of ether oxygens (including phenoxy) is 1. The standard InChI is InChI=1S/C15H27N2O7P/c1-10-7-12(16-14(20)24-15(2,3)4)13(19)17(10)8-11(18)9-25(21,22-5)23-6/h10,12H,7-9H2,1-6H3,(H,16,20)/t10-,12+/m1/s1. The first-order valence-corrected chi connectivity index (χ1v) is 9.66. The number of hydrogen-bond donors (Lipinski definition) is 1. The summed E-state index contributed by atoms with van der Waals surface area (Å²) in [5, 5.41) is 2.52. The number of nitrogens with zero attached hydrogens (tertiary/aromatic N) is 1. The minimum absolute atomic E-state index is 0.219. The fourth-order valence-electron chi connectivity index (χ4n) is 2.45. The van der Waals surface area contributed by atoms with Gasteiger partial charge in [0.2, 0.25) is 5.91 Å². The van der Waals surface area contributed by atoms with E-state index in [1.165, 1.54) is 19.1 Å². The summed E-state index contributed by atoms with van der Waals surface area (Å²) in [5.41, 5.74) is -0.672. The van der Waals surface area contributed by atoms with Crippen LogP contribution in [0.3, 0.4) is 0 Å². The van der Waals surface area contributed by atoms with Crippen molar-refractivity contribution < 1.29 is 32.7 Å². The van der Waals surface area contributed by atoms with Crippen molar-refractivity contribution in [3.63, 3.8) is 0 Å². The van der Waals surface area contributed by atoms with Crippen molar-refractivity contribution in [3.8, 4) is 0 Å². The molecule has 0 saturated carbocycles. The summed E-state index contributed by atoms with van der Waals surface area (Å²) in [5.74, 6) is -0.818. The van der Waals surface area contributed by atoms with Gasteiger partial charge in [-0.05, 0) is 34.1 Å². The molecule has 0 aliphatic carbocycles. The Morgan fingerprint density at radius 3 is 2.32 bits per heavy atom. The second kappa shape index (κ2) is 8.29. The molecule has 2 amide bonds. The van der Waals surface area contributed by atoms with Crippen molar-refractivity contribution in [1.82, 2.24) is 10.2 Å². The lowest BCUT2D eigenvalue weighted by Gasteiger charge is -2.22. The summed E-state index contributed by atoms with van der Waals surface area (Å²) < 4.78 is 26.6. The number of carbonyl (C=O) groups is 3. The van der Waals surface area contributed by atoms with Crippen molar-refractivity contribution >= 4 is 25.4 Å². The van der Waals surface area contributed by atoms with E-state index in [4.69, 9.17) is 13.8 Å². The number of ketones is 1. The molecule has 0 aromatic rings. The fourth-order valence-corrected chi connectivity index (χ4v) is 3.39. The first kappa shape index (κ1) is 21.6. The summed E-state index contributed by atoms with van der Waals surface area (Å²) in [4.78, 5) is 37.7. The van der Waals surface area contributed by atoms with E-state index in [1.54, 1.807) is 27.7 Å². The smallest absolute Gasteiger partial charge is 0.408 e. The summed E-state index contributed by atoms with van der Waals surface area (Å²) in [7, 11) is -1.08. The van der Waals surface area contributed by atoms with Crippen LogP contribution in [-0.4, -0.2) is 67.3 Å². The first-order chi connectivity index (χ1) is 11.4. The number of likely N-dealkylation sites (tertiary alicyclic amines) is 1. The van der Waals surface area contributed by atoms with Crippen LogP contribution in [-0.2, 0) is 27.9 Å². The molecule has 0 aromatic heterocycles. The zero-order valence-corrected chi connectivity index (χ0v) is 16.4. The third-order valence-corrected chi connectivity index (χ3v) is 5.51. The van der Waals surface area contributed by atoms with Gasteiger partial charge in [0.05, 0.1) is 6.54 Å². The van der Waals surface area contributed by atoms with Crippen LogP contribution in [0.4, 0.5) is 4.79 Å².